The van der Waals surface area contributed by atoms with E-state index < -0.39 is 12.0 Å². The number of rotatable bonds is 2. The molecule has 1 aliphatic rings. The molecule has 0 amide bonds. The van der Waals surface area contributed by atoms with Gasteiger partial charge in [-0.2, -0.15) is 0 Å². The third kappa shape index (κ3) is 2.39. The van der Waals surface area contributed by atoms with Crippen molar-refractivity contribution in [1.29, 1.82) is 0 Å². The number of benzene rings is 1. The molecule has 2 atom stereocenters. The van der Waals surface area contributed by atoms with Gasteiger partial charge >= 0.3 is 5.97 Å². The van der Waals surface area contributed by atoms with E-state index in [4.69, 9.17) is 5.11 Å². The fourth-order valence-electron chi connectivity index (χ4n) is 1.51. The molecule has 2 N–H and O–H groups in total. The number of hydrogen-bond acceptors (Lipinski definition) is 3. The van der Waals surface area contributed by atoms with Gasteiger partial charge in [0.2, 0.25) is 0 Å². The molecule has 1 aromatic rings. The van der Waals surface area contributed by atoms with Crippen LogP contribution < -0.4 is 5.32 Å². The summed E-state index contributed by atoms with van der Waals surface area (Å²) in [5.74, 6) is -0.768. The minimum absolute atomic E-state index is 0.293. The van der Waals surface area contributed by atoms with Crippen molar-refractivity contribution in [3.63, 3.8) is 0 Å². The molecular weight excluding hydrogens is 297 g/mol. The van der Waals surface area contributed by atoms with Gasteiger partial charge in [-0.3, -0.25) is 10.1 Å². The maximum Gasteiger partial charge on any atom is 0.321 e. The average Bonchev–Trinajstić information content (AvgIpc) is 2.70. The first-order chi connectivity index (χ1) is 7.58. The second kappa shape index (κ2) is 4.73. The molecule has 1 unspecified atom stereocenters. The fraction of sp³-hybridized carbons (Fsp3) is 0.300. The number of thioether (sulfide) groups is 1. The first kappa shape index (κ1) is 11.9. The Hall–Kier alpha value is -0.590. The Bertz CT molecular complexity index is 429. The Labute approximate surface area is 105 Å². The predicted molar refractivity (Wildman–Crippen MR) is 63.9 cm³/mol. The van der Waals surface area contributed by atoms with Gasteiger partial charge in [0, 0.05) is 15.8 Å². The van der Waals surface area contributed by atoms with E-state index in [1.54, 1.807) is 12.1 Å². The van der Waals surface area contributed by atoms with E-state index in [9.17, 15) is 9.18 Å². The zero-order valence-corrected chi connectivity index (χ0v) is 10.5. The van der Waals surface area contributed by atoms with Crippen molar-refractivity contribution in [2.45, 2.75) is 11.4 Å². The van der Waals surface area contributed by atoms with Gasteiger partial charge in [-0.1, -0.05) is 15.9 Å². The summed E-state index contributed by atoms with van der Waals surface area (Å²) >= 11 is 4.67. The smallest absolute Gasteiger partial charge is 0.321 e. The molecule has 0 bridgehead atoms. The second-order valence-electron chi connectivity index (χ2n) is 3.44. The number of halogens is 2. The number of carboxylic acid groups (broad SMARTS) is 1. The maximum absolute atomic E-state index is 13.5. The van der Waals surface area contributed by atoms with E-state index in [1.807, 2.05) is 0 Å². The molecular formula is C10H9BrFNO2S. The van der Waals surface area contributed by atoms with Gasteiger partial charge in [0.1, 0.15) is 11.9 Å². The Morgan fingerprint density at radius 1 is 1.62 bits per heavy atom. The molecule has 2 rings (SSSR count). The quantitative estimate of drug-likeness (QED) is 0.881. The molecule has 1 saturated heterocycles. The Morgan fingerprint density at radius 3 is 3.00 bits per heavy atom. The predicted octanol–water partition coefficient (Wildman–Crippen LogP) is 2.38. The molecule has 1 fully saturated rings. The lowest BCUT2D eigenvalue weighted by molar-refractivity contribution is -0.138. The summed E-state index contributed by atoms with van der Waals surface area (Å²) in [6.45, 7) is 0. The van der Waals surface area contributed by atoms with Gasteiger partial charge in [0.25, 0.3) is 0 Å². The van der Waals surface area contributed by atoms with Crippen LogP contribution in [0.25, 0.3) is 0 Å². The normalized spacial score (nSPS) is 24.6. The van der Waals surface area contributed by atoms with Crippen LogP contribution >= 0.6 is 27.7 Å². The van der Waals surface area contributed by atoms with Crippen molar-refractivity contribution in [3.05, 3.63) is 34.1 Å². The number of carbonyl (C=O) groups is 1. The van der Waals surface area contributed by atoms with Crippen LogP contribution in [-0.2, 0) is 4.79 Å². The monoisotopic (exact) mass is 305 g/mol. The van der Waals surface area contributed by atoms with Crippen LogP contribution in [0.15, 0.2) is 22.7 Å². The van der Waals surface area contributed by atoms with Crippen molar-refractivity contribution >= 4 is 33.7 Å². The lowest BCUT2D eigenvalue weighted by Gasteiger charge is -2.12. The van der Waals surface area contributed by atoms with Crippen molar-refractivity contribution < 1.29 is 14.3 Å². The molecule has 3 nitrogen and oxygen atoms in total. The third-order valence-electron chi connectivity index (χ3n) is 2.32. The molecule has 1 aliphatic heterocycles. The highest BCUT2D eigenvalue weighted by Crippen LogP contribution is 2.35. The fourth-order valence-corrected chi connectivity index (χ4v) is 3.13. The van der Waals surface area contributed by atoms with Gasteiger partial charge in [0.05, 0.1) is 5.37 Å². The summed E-state index contributed by atoms with van der Waals surface area (Å²) in [4.78, 5) is 10.8. The van der Waals surface area contributed by atoms with Crippen LogP contribution in [0.1, 0.15) is 10.9 Å². The standard InChI is InChI=1S/C10H9BrFNO2S/c11-5-1-2-7(12)6(3-5)9-13-8(4-16-9)10(14)15/h1-3,8-9,13H,4H2,(H,14,15)/t8-,9?/m1/s1. The number of hydrogen-bond donors (Lipinski definition) is 2. The Kier molecular flexibility index (Phi) is 3.51. The van der Waals surface area contributed by atoms with Crippen LogP contribution in [0, 0.1) is 5.82 Å². The van der Waals surface area contributed by atoms with Gasteiger partial charge in [-0.15, -0.1) is 11.8 Å². The first-order valence-electron chi connectivity index (χ1n) is 4.63. The minimum atomic E-state index is -0.898. The van der Waals surface area contributed by atoms with Crippen LogP contribution in [0.4, 0.5) is 4.39 Å². The van der Waals surface area contributed by atoms with Gasteiger partial charge in [-0.05, 0) is 18.2 Å². The summed E-state index contributed by atoms with van der Waals surface area (Å²) in [5.41, 5.74) is 0.489. The van der Waals surface area contributed by atoms with E-state index in [1.165, 1.54) is 17.8 Å². The minimum Gasteiger partial charge on any atom is -0.480 e. The summed E-state index contributed by atoms with van der Waals surface area (Å²) in [6, 6.07) is 4.06. The van der Waals surface area contributed by atoms with E-state index in [0.717, 1.165) is 4.47 Å². The lowest BCUT2D eigenvalue weighted by Crippen LogP contribution is -2.33. The third-order valence-corrected chi connectivity index (χ3v) is 4.06. The zero-order valence-electron chi connectivity index (χ0n) is 8.11. The summed E-state index contributed by atoms with van der Waals surface area (Å²) in [7, 11) is 0. The molecule has 1 heterocycles. The van der Waals surface area contributed by atoms with Crippen LogP contribution in [0.5, 0.6) is 0 Å². The average molecular weight is 306 g/mol. The van der Waals surface area contributed by atoms with Crippen molar-refractivity contribution in [3.8, 4) is 0 Å². The Morgan fingerprint density at radius 2 is 2.38 bits per heavy atom. The largest absolute Gasteiger partial charge is 0.480 e. The van der Waals surface area contributed by atoms with Gasteiger partial charge in [0.15, 0.2) is 0 Å². The van der Waals surface area contributed by atoms with Crippen LogP contribution in [0.2, 0.25) is 0 Å². The number of aliphatic carboxylic acids is 1. The lowest BCUT2D eigenvalue weighted by atomic mass is 10.2. The van der Waals surface area contributed by atoms with Gasteiger partial charge in [-0.25, -0.2) is 4.39 Å². The van der Waals surface area contributed by atoms with Crippen molar-refractivity contribution in [2.75, 3.05) is 5.75 Å². The van der Waals surface area contributed by atoms with Gasteiger partial charge < -0.3 is 5.11 Å². The molecule has 6 heteroatoms. The van der Waals surface area contributed by atoms with E-state index >= 15 is 0 Å². The van der Waals surface area contributed by atoms with Crippen LogP contribution in [0.3, 0.4) is 0 Å². The molecule has 0 spiro atoms. The highest BCUT2D eigenvalue weighted by atomic mass is 79.9. The second-order valence-corrected chi connectivity index (χ2v) is 5.49. The Balaban J connectivity index is 2.20. The zero-order chi connectivity index (χ0) is 11.7. The molecule has 0 aromatic heterocycles. The number of nitrogens with one attached hydrogen (secondary N) is 1. The maximum atomic E-state index is 13.5. The molecule has 0 aliphatic carbocycles. The topological polar surface area (TPSA) is 49.3 Å². The van der Waals surface area contributed by atoms with E-state index in [2.05, 4.69) is 21.2 Å². The summed E-state index contributed by atoms with van der Waals surface area (Å²) in [6.07, 6.45) is 0. The summed E-state index contributed by atoms with van der Waals surface area (Å²) in [5, 5.41) is 11.4. The SMILES string of the molecule is O=C(O)[C@H]1CSC(c2cc(Br)ccc2F)N1. The molecule has 16 heavy (non-hydrogen) atoms. The van der Waals surface area contributed by atoms with Crippen molar-refractivity contribution in [2.24, 2.45) is 0 Å². The molecule has 86 valence electrons. The highest BCUT2D eigenvalue weighted by Gasteiger charge is 2.31. The highest BCUT2D eigenvalue weighted by molar-refractivity contribution is 9.10. The molecule has 0 radical (unpaired) electrons. The first-order valence-corrected chi connectivity index (χ1v) is 6.47. The molecule has 1 aromatic carbocycles. The van der Waals surface area contributed by atoms with Crippen LogP contribution in [-0.4, -0.2) is 22.9 Å². The van der Waals surface area contributed by atoms with E-state index in [0.29, 0.717) is 11.3 Å². The summed E-state index contributed by atoms with van der Waals surface area (Å²) < 4.78 is 14.3. The van der Waals surface area contributed by atoms with E-state index in [-0.39, 0.29) is 11.2 Å². The van der Waals surface area contributed by atoms with Crippen molar-refractivity contribution in [1.82, 2.24) is 5.32 Å². The number of carboxylic acids is 1. The molecule has 0 saturated carbocycles.